The highest BCUT2D eigenvalue weighted by Crippen LogP contribution is 2.40. The summed E-state index contributed by atoms with van der Waals surface area (Å²) in [5.74, 6) is 1.03. The van der Waals surface area contributed by atoms with Gasteiger partial charge >= 0.3 is 0 Å². The zero-order valence-corrected chi connectivity index (χ0v) is 12.1. The molecule has 0 radical (unpaired) electrons. The highest BCUT2D eigenvalue weighted by Gasteiger charge is 2.26. The van der Waals surface area contributed by atoms with E-state index < -0.39 is 0 Å². The number of piperidine rings is 1. The van der Waals surface area contributed by atoms with Crippen LogP contribution in [0, 0.1) is 0 Å². The molecule has 5 nitrogen and oxygen atoms in total. The van der Waals surface area contributed by atoms with E-state index in [1.807, 2.05) is 7.05 Å². The number of amides is 1. The molecule has 1 fully saturated rings. The number of benzene rings is 1. The van der Waals surface area contributed by atoms with E-state index in [0.717, 1.165) is 25.9 Å². The Morgan fingerprint density at radius 3 is 2.85 bits per heavy atom. The van der Waals surface area contributed by atoms with Crippen molar-refractivity contribution in [1.29, 1.82) is 0 Å². The first-order valence-electron chi connectivity index (χ1n) is 6.74. The molecular formula is C14H17ClN2O3. The van der Waals surface area contributed by atoms with Crippen LogP contribution in [0.5, 0.6) is 11.5 Å². The Kier molecular flexibility index (Phi) is 3.72. The quantitative estimate of drug-likeness (QED) is 0.905. The first-order valence-corrected chi connectivity index (χ1v) is 7.11. The summed E-state index contributed by atoms with van der Waals surface area (Å²) < 4.78 is 10.6. The van der Waals surface area contributed by atoms with Crippen molar-refractivity contribution >= 4 is 17.5 Å². The van der Waals surface area contributed by atoms with Crippen LogP contribution < -0.4 is 14.8 Å². The third-order valence-electron chi connectivity index (χ3n) is 3.85. The van der Waals surface area contributed by atoms with E-state index in [1.54, 1.807) is 17.0 Å². The van der Waals surface area contributed by atoms with Crippen molar-refractivity contribution in [2.24, 2.45) is 0 Å². The summed E-state index contributed by atoms with van der Waals surface area (Å²) >= 11 is 6.12. The molecule has 0 bridgehead atoms. The summed E-state index contributed by atoms with van der Waals surface area (Å²) in [7, 11) is 1.84. The number of hydrogen-bond acceptors (Lipinski definition) is 4. The third-order valence-corrected chi connectivity index (χ3v) is 4.13. The lowest BCUT2D eigenvalue weighted by molar-refractivity contribution is 0.0703. The molecule has 1 aromatic rings. The summed E-state index contributed by atoms with van der Waals surface area (Å²) in [5.41, 5.74) is 0.542. The molecule has 20 heavy (non-hydrogen) atoms. The lowest BCUT2D eigenvalue weighted by Crippen LogP contribution is -2.43. The molecule has 0 saturated carbocycles. The zero-order valence-electron chi connectivity index (χ0n) is 11.3. The second-order valence-corrected chi connectivity index (χ2v) is 5.50. The molecule has 0 atom stereocenters. The largest absolute Gasteiger partial charge is 0.454 e. The zero-order chi connectivity index (χ0) is 14.1. The molecule has 108 valence electrons. The van der Waals surface area contributed by atoms with Crippen LogP contribution in [0.3, 0.4) is 0 Å². The van der Waals surface area contributed by atoms with Crippen molar-refractivity contribution < 1.29 is 14.3 Å². The minimum atomic E-state index is -0.0305. The van der Waals surface area contributed by atoms with Crippen LogP contribution in [-0.4, -0.2) is 43.8 Å². The predicted octanol–water partition coefficient (Wildman–Crippen LogP) is 1.89. The van der Waals surface area contributed by atoms with E-state index in [1.165, 1.54) is 0 Å². The van der Waals surface area contributed by atoms with Crippen LogP contribution in [0.1, 0.15) is 23.2 Å². The van der Waals surface area contributed by atoms with Crippen LogP contribution in [0.2, 0.25) is 5.02 Å². The second-order valence-electron chi connectivity index (χ2n) is 5.09. The lowest BCUT2D eigenvalue weighted by atomic mass is 10.0. The molecular weight excluding hydrogens is 280 g/mol. The second kappa shape index (κ2) is 5.50. The van der Waals surface area contributed by atoms with Gasteiger partial charge in [-0.05, 0) is 38.1 Å². The molecule has 1 aromatic carbocycles. The Hall–Kier alpha value is -1.46. The topological polar surface area (TPSA) is 50.8 Å². The Balaban J connectivity index is 1.81. The van der Waals surface area contributed by atoms with Crippen LogP contribution in [0.4, 0.5) is 0 Å². The fraction of sp³-hybridized carbons (Fsp3) is 0.500. The van der Waals surface area contributed by atoms with Gasteiger partial charge in [0.05, 0.1) is 5.02 Å². The van der Waals surface area contributed by atoms with Crippen LogP contribution in [0.25, 0.3) is 0 Å². The van der Waals surface area contributed by atoms with Gasteiger partial charge in [-0.15, -0.1) is 0 Å². The van der Waals surface area contributed by atoms with Crippen molar-refractivity contribution in [3.05, 3.63) is 22.7 Å². The minimum absolute atomic E-state index is 0.0305. The molecule has 1 amide bonds. The molecule has 0 aliphatic carbocycles. The number of halogens is 1. The van der Waals surface area contributed by atoms with Gasteiger partial charge in [0.2, 0.25) is 6.79 Å². The number of rotatable bonds is 2. The number of nitrogens with one attached hydrogen (secondary N) is 1. The van der Waals surface area contributed by atoms with Gasteiger partial charge in [0, 0.05) is 18.7 Å². The van der Waals surface area contributed by atoms with Crippen molar-refractivity contribution in [1.82, 2.24) is 10.2 Å². The molecule has 1 N–H and O–H groups in total. The van der Waals surface area contributed by atoms with Crippen molar-refractivity contribution in [3.63, 3.8) is 0 Å². The van der Waals surface area contributed by atoms with Gasteiger partial charge < -0.3 is 19.7 Å². The van der Waals surface area contributed by atoms with Crippen LogP contribution in [0.15, 0.2) is 12.1 Å². The van der Waals surface area contributed by atoms with Crippen LogP contribution >= 0.6 is 11.6 Å². The molecule has 2 aliphatic heterocycles. The smallest absolute Gasteiger partial charge is 0.254 e. The molecule has 0 unspecified atom stereocenters. The normalized spacial score (nSPS) is 18.1. The molecule has 1 saturated heterocycles. The SMILES string of the molecule is CN(C(=O)c1cc(Cl)c2c(c1)OCO2)C1CCNCC1. The monoisotopic (exact) mass is 296 g/mol. The molecule has 6 heteroatoms. The maximum atomic E-state index is 12.5. The fourth-order valence-electron chi connectivity index (χ4n) is 2.65. The number of carbonyl (C=O) groups is 1. The molecule has 2 aliphatic rings. The van der Waals surface area contributed by atoms with Gasteiger partial charge in [0.15, 0.2) is 11.5 Å². The Morgan fingerprint density at radius 1 is 1.35 bits per heavy atom. The summed E-state index contributed by atoms with van der Waals surface area (Å²) in [6, 6.07) is 3.62. The van der Waals surface area contributed by atoms with E-state index in [-0.39, 0.29) is 18.7 Å². The number of nitrogens with zero attached hydrogens (tertiary/aromatic N) is 1. The predicted molar refractivity (Wildman–Crippen MR) is 75.6 cm³/mol. The first kappa shape index (κ1) is 13.5. The molecule has 3 rings (SSSR count). The average Bonchev–Trinajstić information content (AvgIpc) is 2.95. The Bertz CT molecular complexity index is 529. The Labute approximate surface area is 122 Å². The van der Waals surface area contributed by atoms with Gasteiger partial charge in [0.25, 0.3) is 5.91 Å². The van der Waals surface area contributed by atoms with Crippen molar-refractivity contribution in [2.45, 2.75) is 18.9 Å². The van der Waals surface area contributed by atoms with E-state index >= 15 is 0 Å². The summed E-state index contributed by atoms with van der Waals surface area (Å²) in [4.78, 5) is 14.3. The molecule has 0 aromatic heterocycles. The van der Waals surface area contributed by atoms with Gasteiger partial charge in [-0.3, -0.25) is 4.79 Å². The van der Waals surface area contributed by atoms with E-state index in [0.29, 0.717) is 22.1 Å². The standard InChI is InChI=1S/C14H17ClN2O3/c1-17(10-2-4-16-5-3-10)14(18)9-6-11(15)13-12(7-9)19-8-20-13/h6-7,10,16H,2-5,8H2,1H3. The third kappa shape index (κ3) is 2.43. The molecule has 2 heterocycles. The average molecular weight is 297 g/mol. The fourth-order valence-corrected chi connectivity index (χ4v) is 2.92. The van der Waals surface area contributed by atoms with Gasteiger partial charge in [0.1, 0.15) is 0 Å². The van der Waals surface area contributed by atoms with Crippen molar-refractivity contribution in [2.75, 3.05) is 26.9 Å². The number of hydrogen-bond donors (Lipinski definition) is 1. The number of fused-ring (bicyclic) bond motifs is 1. The van der Waals surface area contributed by atoms with E-state index in [9.17, 15) is 4.79 Å². The highest BCUT2D eigenvalue weighted by atomic mass is 35.5. The van der Waals surface area contributed by atoms with Crippen LogP contribution in [-0.2, 0) is 0 Å². The van der Waals surface area contributed by atoms with E-state index in [2.05, 4.69) is 5.32 Å². The van der Waals surface area contributed by atoms with Gasteiger partial charge in [-0.1, -0.05) is 11.6 Å². The summed E-state index contributed by atoms with van der Waals surface area (Å²) in [6.07, 6.45) is 1.95. The van der Waals surface area contributed by atoms with E-state index in [4.69, 9.17) is 21.1 Å². The van der Waals surface area contributed by atoms with Gasteiger partial charge in [-0.2, -0.15) is 0 Å². The summed E-state index contributed by atoms with van der Waals surface area (Å²) in [6.45, 7) is 2.05. The number of carbonyl (C=O) groups excluding carboxylic acids is 1. The van der Waals surface area contributed by atoms with Gasteiger partial charge in [-0.25, -0.2) is 0 Å². The maximum absolute atomic E-state index is 12.5. The highest BCUT2D eigenvalue weighted by molar-refractivity contribution is 6.32. The summed E-state index contributed by atoms with van der Waals surface area (Å²) in [5, 5.41) is 3.71. The Morgan fingerprint density at radius 2 is 2.10 bits per heavy atom. The molecule has 0 spiro atoms. The minimum Gasteiger partial charge on any atom is -0.454 e. The van der Waals surface area contributed by atoms with Crippen molar-refractivity contribution in [3.8, 4) is 11.5 Å². The lowest BCUT2D eigenvalue weighted by Gasteiger charge is -2.31. The maximum Gasteiger partial charge on any atom is 0.254 e. The first-order chi connectivity index (χ1) is 9.66. The number of ether oxygens (including phenoxy) is 2.